The number of rotatable bonds is 4. The third-order valence-corrected chi connectivity index (χ3v) is 6.44. The third-order valence-electron chi connectivity index (χ3n) is 6.44. The maximum atomic E-state index is 4.82. The molecule has 0 atom stereocenters. The van der Waals surface area contributed by atoms with E-state index in [1.165, 1.54) is 69.8 Å². The number of hydrogen-bond acceptors (Lipinski definition) is 2. The molecule has 0 unspecified atom stereocenters. The zero-order valence-corrected chi connectivity index (χ0v) is 16.3. The SMILES string of the molecule is C/C(=C(/c1ncc(-c2ncc(C)[nH]2)[nH]1)C1CCCCC1)C1CCCCC1. The Morgan fingerprint density at radius 3 is 2.12 bits per heavy atom. The average molecular weight is 353 g/mol. The molecule has 4 heteroatoms. The van der Waals surface area contributed by atoms with Crippen molar-refractivity contribution in [2.75, 3.05) is 0 Å². The molecule has 0 spiro atoms. The van der Waals surface area contributed by atoms with Gasteiger partial charge in [-0.15, -0.1) is 0 Å². The summed E-state index contributed by atoms with van der Waals surface area (Å²) in [6, 6.07) is 0. The molecule has 4 rings (SSSR count). The number of aromatic amines is 2. The van der Waals surface area contributed by atoms with Gasteiger partial charge in [0.05, 0.1) is 6.20 Å². The van der Waals surface area contributed by atoms with E-state index in [2.05, 4.69) is 21.9 Å². The van der Waals surface area contributed by atoms with Crippen molar-refractivity contribution in [3.05, 3.63) is 29.5 Å². The predicted octanol–water partition coefficient (Wildman–Crippen LogP) is 6.04. The monoisotopic (exact) mass is 352 g/mol. The summed E-state index contributed by atoms with van der Waals surface area (Å²) >= 11 is 0. The number of H-pyrrole nitrogens is 2. The van der Waals surface area contributed by atoms with Crippen LogP contribution in [0.2, 0.25) is 0 Å². The molecule has 2 aromatic heterocycles. The van der Waals surface area contributed by atoms with Gasteiger partial charge in [-0.25, -0.2) is 9.97 Å². The topological polar surface area (TPSA) is 57.4 Å². The van der Waals surface area contributed by atoms with Crippen LogP contribution in [-0.2, 0) is 0 Å². The minimum atomic E-state index is 0.669. The van der Waals surface area contributed by atoms with Crippen LogP contribution in [0.3, 0.4) is 0 Å². The van der Waals surface area contributed by atoms with Gasteiger partial charge in [-0.1, -0.05) is 44.1 Å². The summed E-state index contributed by atoms with van der Waals surface area (Å²) in [5.41, 5.74) is 5.20. The fourth-order valence-electron chi connectivity index (χ4n) is 4.98. The highest BCUT2D eigenvalue weighted by Gasteiger charge is 2.27. The van der Waals surface area contributed by atoms with Crippen molar-refractivity contribution >= 4 is 5.57 Å². The standard InChI is InChI=1S/C22H32N4/c1-15-13-23-21(25-15)19-14-24-22(26-19)20(18-11-7-4-8-12-18)16(2)17-9-5-3-6-10-17/h13-14,17-18H,3-12H2,1-2H3,(H,23,25)(H,24,26)/b20-16-. The number of aromatic nitrogens is 4. The Balaban J connectivity index is 1.69. The fourth-order valence-corrected chi connectivity index (χ4v) is 4.98. The number of allylic oxidation sites excluding steroid dienone is 2. The lowest BCUT2D eigenvalue weighted by Crippen LogP contribution is -2.16. The lowest BCUT2D eigenvalue weighted by atomic mass is 9.76. The molecule has 0 aromatic carbocycles. The first-order chi connectivity index (χ1) is 12.7. The van der Waals surface area contributed by atoms with Crippen LogP contribution in [0.25, 0.3) is 17.1 Å². The molecule has 0 bridgehead atoms. The van der Waals surface area contributed by atoms with Crippen molar-refractivity contribution in [1.29, 1.82) is 0 Å². The van der Waals surface area contributed by atoms with E-state index in [-0.39, 0.29) is 0 Å². The molecule has 0 amide bonds. The number of nitrogens with one attached hydrogen (secondary N) is 2. The summed E-state index contributed by atoms with van der Waals surface area (Å²) in [7, 11) is 0. The minimum absolute atomic E-state index is 0.669. The molecule has 2 saturated carbocycles. The molecule has 2 heterocycles. The van der Waals surface area contributed by atoms with Crippen molar-refractivity contribution < 1.29 is 0 Å². The molecule has 2 aliphatic rings. The van der Waals surface area contributed by atoms with Gasteiger partial charge in [-0.05, 0) is 56.9 Å². The zero-order valence-electron chi connectivity index (χ0n) is 16.3. The summed E-state index contributed by atoms with van der Waals surface area (Å²) in [4.78, 5) is 16.2. The maximum Gasteiger partial charge on any atom is 0.155 e. The second-order valence-corrected chi connectivity index (χ2v) is 8.33. The minimum Gasteiger partial charge on any atom is -0.341 e. The molecular formula is C22H32N4. The van der Waals surface area contributed by atoms with Crippen LogP contribution >= 0.6 is 0 Å². The van der Waals surface area contributed by atoms with Gasteiger partial charge < -0.3 is 9.97 Å². The number of aryl methyl sites for hydroxylation is 1. The van der Waals surface area contributed by atoms with Crippen LogP contribution in [0.15, 0.2) is 18.0 Å². The lowest BCUT2D eigenvalue weighted by molar-refractivity contribution is 0.392. The van der Waals surface area contributed by atoms with E-state index < -0.39 is 0 Å². The lowest BCUT2D eigenvalue weighted by Gasteiger charge is -2.30. The van der Waals surface area contributed by atoms with E-state index in [0.717, 1.165) is 29.0 Å². The number of hydrogen-bond donors (Lipinski definition) is 2. The Kier molecular flexibility index (Phi) is 5.28. The number of nitrogens with zero attached hydrogens (tertiary/aromatic N) is 2. The van der Waals surface area contributed by atoms with E-state index in [0.29, 0.717) is 5.92 Å². The van der Waals surface area contributed by atoms with Crippen LogP contribution in [0.1, 0.15) is 82.7 Å². The van der Waals surface area contributed by atoms with Crippen molar-refractivity contribution in [1.82, 2.24) is 19.9 Å². The van der Waals surface area contributed by atoms with E-state index in [9.17, 15) is 0 Å². The van der Waals surface area contributed by atoms with E-state index in [4.69, 9.17) is 4.98 Å². The average Bonchev–Trinajstić information content (AvgIpc) is 3.33. The molecule has 0 saturated heterocycles. The van der Waals surface area contributed by atoms with Gasteiger partial charge in [-0.2, -0.15) is 0 Å². The fraction of sp³-hybridized carbons (Fsp3) is 0.636. The highest BCUT2D eigenvalue weighted by Crippen LogP contribution is 2.41. The molecule has 0 radical (unpaired) electrons. The van der Waals surface area contributed by atoms with Crippen LogP contribution in [0.5, 0.6) is 0 Å². The first kappa shape index (κ1) is 17.6. The summed E-state index contributed by atoms with van der Waals surface area (Å²) in [5.74, 6) is 3.40. The first-order valence-corrected chi connectivity index (χ1v) is 10.5. The van der Waals surface area contributed by atoms with Crippen molar-refractivity contribution in [3.63, 3.8) is 0 Å². The summed E-state index contributed by atoms with van der Waals surface area (Å²) in [5, 5.41) is 0. The van der Waals surface area contributed by atoms with Gasteiger partial charge in [0.25, 0.3) is 0 Å². The third kappa shape index (κ3) is 3.65. The second kappa shape index (κ2) is 7.81. The van der Waals surface area contributed by atoms with Gasteiger partial charge in [0.2, 0.25) is 0 Å². The molecule has 2 aliphatic carbocycles. The van der Waals surface area contributed by atoms with Crippen LogP contribution < -0.4 is 0 Å². The molecule has 140 valence electrons. The molecular weight excluding hydrogens is 320 g/mol. The van der Waals surface area contributed by atoms with Crippen molar-refractivity contribution in [2.45, 2.75) is 78.1 Å². The van der Waals surface area contributed by atoms with E-state index in [1.54, 1.807) is 5.57 Å². The van der Waals surface area contributed by atoms with Gasteiger partial charge >= 0.3 is 0 Å². The van der Waals surface area contributed by atoms with E-state index in [1.807, 2.05) is 19.3 Å². The summed E-state index contributed by atoms with van der Waals surface area (Å²) < 4.78 is 0. The molecule has 4 nitrogen and oxygen atoms in total. The van der Waals surface area contributed by atoms with Gasteiger partial charge in [-0.3, -0.25) is 0 Å². The smallest absolute Gasteiger partial charge is 0.155 e. The highest BCUT2D eigenvalue weighted by atomic mass is 15.0. The quantitative estimate of drug-likeness (QED) is 0.704. The Hall–Kier alpha value is -1.84. The first-order valence-electron chi connectivity index (χ1n) is 10.5. The normalized spacial score (nSPS) is 21.0. The molecule has 2 N–H and O–H groups in total. The largest absolute Gasteiger partial charge is 0.341 e. The zero-order chi connectivity index (χ0) is 17.9. The second-order valence-electron chi connectivity index (χ2n) is 8.33. The molecule has 2 aromatic rings. The highest BCUT2D eigenvalue weighted by molar-refractivity contribution is 5.68. The molecule has 0 aliphatic heterocycles. The van der Waals surface area contributed by atoms with Gasteiger partial charge in [0, 0.05) is 11.9 Å². The van der Waals surface area contributed by atoms with Crippen LogP contribution in [-0.4, -0.2) is 19.9 Å². The predicted molar refractivity (Wildman–Crippen MR) is 107 cm³/mol. The van der Waals surface area contributed by atoms with Crippen LogP contribution in [0, 0.1) is 18.8 Å². The maximum absolute atomic E-state index is 4.82. The van der Waals surface area contributed by atoms with Crippen molar-refractivity contribution in [3.8, 4) is 11.5 Å². The van der Waals surface area contributed by atoms with Crippen LogP contribution in [0.4, 0.5) is 0 Å². The van der Waals surface area contributed by atoms with E-state index >= 15 is 0 Å². The number of imidazole rings is 2. The van der Waals surface area contributed by atoms with Gasteiger partial charge in [0.15, 0.2) is 5.82 Å². The summed E-state index contributed by atoms with van der Waals surface area (Å²) in [6.45, 7) is 4.42. The van der Waals surface area contributed by atoms with Crippen molar-refractivity contribution in [2.24, 2.45) is 11.8 Å². The summed E-state index contributed by atoms with van der Waals surface area (Å²) in [6.07, 6.45) is 17.4. The van der Waals surface area contributed by atoms with Gasteiger partial charge in [0.1, 0.15) is 11.5 Å². The molecule has 26 heavy (non-hydrogen) atoms. The molecule has 2 fully saturated rings. The Bertz CT molecular complexity index is 755. The Morgan fingerprint density at radius 2 is 1.50 bits per heavy atom. The Morgan fingerprint density at radius 1 is 0.846 bits per heavy atom. The Labute approximate surface area is 156 Å².